The van der Waals surface area contributed by atoms with E-state index in [0.717, 1.165) is 30.8 Å². The summed E-state index contributed by atoms with van der Waals surface area (Å²) in [6.07, 6.45) is 3.78. The fourth-order valence-corrected chi connectivity index (χ4v) is 3.26. The number of thiocarbonyl (C=S) groups is 1. The molecule has 0 aromatic heterocycles. The van der Waals surface area contributed by atoms with Crippen LogP contribution in [0.3, 0.4) is 0 Å². The molecule has 21 heavy (non-hydrogen) atoms. The molecule has 0 bridgehead atoms. The number of rotatable bonds is 6. The van der Waals surface area contributed by atoms with Crippen LogP contribution in [0.2, 0.25) is 0 Å². The molecule has 1 saturated heterocycles. The summed E-state index contributed by atoms with van der Waals surface area (Å²) in [5.41, 5.74) is 0.982. The van der Waals surface area contributed by atoms with Crippen molar-refractivity contribution in [2.45, 2.75) is 26.7 Å². The number of hydrogen-bond acceptors (Lipinski definition) is 4. The van der Waals surface area contributed by atoms with Crippen LogP contribution in [0, 0.1) is 0 Å². The van der Waals surface area contributed by atoms with E-state index >= 15 is 0 Å². The van der Waals surface area contributed by atoms with Crippen molar-refractivity contribution < 1.29 is 9.53 Å². The van der Waals surface area contributed by atoms with Crippen molar-refractivity contribution in [3.63, 3.8) is 0 Å². The highest BCUT2D eigenvalue weighted by Gasteiger charge is 2.30. The monoisotopic (exact) mass is 321 g/mol. The average molecular weight is 321 g/mol. The van der Waals surface area contributed by atoms with Crippen molar-refractivity contribution in [3.05, 3.63) is 34.7 Å². The Hall–Kier alpha value is -1.33. The van der Waals surface area contributed by atoms with E-state index in [1.165, 1.54) is 11.8 Å². The van der Waals surface area contributed by atoms with Crippen LogP contribution in [0.5, 0.6) is 5.75 Å². The highest BCUT2D eigenvalue weighted by atomic mass is 32.2. The Bertz CT molecular complexity index is 552. The lowest BCUT2D eigenvalue weighted by Gasteiger charge is -2.11. The van der Waals surface area contributed by atoms with E-state index in [9.17, 15) is 4.79 Å². The van der Waals surface area contributed by atoms with Crippen molar-refractivity contribution >= 4 is 40.3 Å². The summed E-state index contributed by atoms with van der Waals surface area (Å²) in [6, 6.07) is 7.76. The zero-order chi connectivity index (χ0) is 15.2. The van der Waals surface area contributed by atoms with Gasteiger partial charge in [0.15, 0.2) is 0 Å². The maximum atomic E-state index is 12.2. The molecule has 2 rings (SSSR count). The van der Waals surface area contributed by atoms with Crippen LogP contribution in [-0.2, 0) is 4.79 Å². The first kappa shape index (κ1) is 16.0. The van der Waals surface area contributed by atoms with Gasteiger partial charge in [0.05, 0.1) is 11.5 Å². The molecule has 0 radical (unpaired) electrons. The molecule has 0 spiro atoms. The topological polar surface area (TPSA) is 29.5 Å². The quantitative estimate of drug-likeness (QED) is 0.583. The fraction of sp³-hybridized carbons (Fsp3) is 0.375. The molecule has 1 aliphatic heterocycles. The predicted octanol–water partition coefficient (Wildman–Crippen LogP) is 4.09. The molecule has 1 aliphatic rings. The second kappa shape index (κ2) is 7.61. The van der Waals surface area contributed by atoms with E-state index in [0.29, 0.717) is 15.8 Å². The van der Waals surface area contributed by atoms with Crippen LogP contribution in [0.1, 0.15) is 32.3 Å². The molecule has 0 N–H and O–H groups in total. The summed E-state index contributed by atoms with van der Waals surface area (Å²) >= 11 is 6.62. The molecule has 5 heteroatoms. The van der Waals surface area contributed by atoms with E-state index in [1.807, 2.05) is 37.3 Å². The summed E-state index contributed by atoms with van der Waals surface area (Å²) < 4.78 is 6.19. The molecule has 1 amide bonds. The molecule has 3 nitrogen and oxygen atoms in total. The molecule has 1 heterocycles. The second-order valence-corrected chi connectivity index (χ2v) is 6.43. The van der Waals surface area contributed by atoms with Gasteiger partial charge < -0.3 is 4.74 Å². The van der Waals surface area contributed by atoms with Gasteiger partial charge >= 0.3 is 0 Å². The number of thioether (sulfide) groups is 1. The van der Waals surface area contributed by atoms with Gasteiger partial charge in [-0.2, -0.15) is 0 Å². The van der Waals surface area contributed by atoms with Crippen LogP contribution in [0.25, 0.3) is 6.08 Å². The van der Waals surface area contributed by atoms with Gasteiger partial charge in [0.25, 0.3) is 5.91 Å². The molecular formula is C16H19NO2S2. The van der Waals surface area contributed by atoms with Crippen molar-refractivity contribution in [2.24, 2.45) is 0 Å². The Kier molecular flexibility index (Phi) is 5.82. The summed E-state index contributed by atoms with van der Waals surface area (Å²) in [7, 11) is 0. The average Bonchev–Trinajstić information content (AvgIpc) is 2.75. The Morgan fingerprint density at radius 1 is 1.24 bits per heavy atom. The van der Waals surface area contributed by atoms with Gasteiger partial charge in [-0.05, 0) is 36.6 Å². The summed E-state index contributed by atoms with van der Waals surface area (Å²) in [5, 5.41) is 0. The van der Waals surface area contributed by atoms with Gasteiger partial charge in [0.2, 0.25) is 0 Å². The van der Waals surface area contributed by atoms with E-state index in [4.69, 9.17) is 17.0 Å². The SMILES string of the molecule is CCCOc1ccc(/C=C2/SC(=S)N(CCC)C2=O)cc1. The van der Waals surface area contributed by atoms with Gasteiger partial charge in [-0.25, -0.2) is 0 Å². The molecule has 0 unspecified atom stereocenters. The largest absolute Gasteiger partial charge is 0.494 e. The van der Waals surface area contributed by atoms with Crippen LogP contribution >= 0.6 is 24.0 Å². The van der Waals surface area contributed by atoms with Crippen molar-refractivity contribution in [3.8, 4) is 5.75 Å². The zero-order valence-corrected chi connectivity index (χ0v) is 13.9. The highest BCUT2D eigenvalue weighted by Crippen LogP contribution is 2.32. The molecule has 0 atom stereocenters. The smallest absolute Gasteiger partial charge is 0.266 e. The fourth-order valence-electron chi connectivity index (χ4n) is 1.95. The second-order valence-electron chi connectivity index (χ2n) is 4.75. The lowest BCUT2D eigenvalue weighted by Crippen LogP contribution is -2.28. The van der Waals surface area contributed by atoms with Gasteiger partial charge in [0, 0.05) is 6.54 Å². The van der Waals surface area contributed by atoms with Gasteiger partial charge in [-0.1, -0.05) is 50.0 Å². The minimum Gasteiger partial charge on any atom is -0.494 e. The molecule has 0 saturated carbocycles. The van der Waals surface area contributed by atoms with Crippen LogP contribution in [0.15, 0.2) is 29.2 Å². The Labute approximate surface area is 135 Å². The van der Waals surface area contributed by atoms with Crippen molar-refractivity contribution in [1.29, 1.82) is 0 Å². The third-order valence-corrected chi connectivity index (χ3v) is 4.35. The van der Waals surface area contributed by atoms with Crippen molar-refractivity contribution in [2.75, 3.05) is 13.2 Å². The van der Waals surface area contributed by atoms with Gasteiger partial charge in [-0.3, -0.25) is 9.69 Å². The first-order chi connectivity index (χ1) is 10.2. The van der Waals surface area contributed by atoms with Crippen LogP contribution in [0.4, 0.5) is 0 Å². The molecular weight excluding hydrogens is 302 g/mol. The maximum absolute atomic E-state index is 12.2. The Morgan fingerprint density at radius 2 is 1.95 bits per heavy atom. The number of nitrogens with zero attached hydrogens (tertiary/aromatic N) is 1. The first-order valence-corrected chi connectivity index (χ1v) is 8.36. The standard InChI is InChI=1S/C16H19NO2S2/c1-3-9-17-15(18)14(21-16(17)20)11-12-5-7-13(8-6-12)19-10-4-2/h5-8,11H,3-4,9-10H2,1-2H3/b14-11+. The summed E-state index contributed by atoms with van der Waals surface area (Å²) in [6.45, 7) is 5.52. The molecule has 112 valence electrons. The Balaban J connectivity index is 2.09. The van der Waals surface area contributed by atoms with Crippen molar-refractivity contribution in [1.82, 2.24) is 4.90 Å². The zero-order valence-electron chi connectivity index (χ0n) is 12.3. The summed E-state index contributed by atoms with van der Waals surface area (Å²) in [5.74, 6) is 0.866. The Morgan fingerprint density at radius 3 is 2.57 bits per heavy atom. The third-order valence-electron chi connectivity index (χ3n) is 2.97. The maximum Gasteiger partial charge on any atom is 0.266 e. The first-order valence-electron chi connectivity index (χ1n) is 7.14. The predicted molar refractivity (Wildman–Crippen MR) is 92.4 cm³/mol. The van der Waals surface area contributed by atoms with Gasteiger partial charge in [0.1, 0.15) is 10.1 Å². The molecule has 1 fully saturated rings. The normalized spacial score (nSPS) is 16.9. The summed E-state index contributed by atoms with van der Waals surface area (Å²) in [4.78, 5) is 14.6. The number of ether oxygens (including phenoxy) is 1. The van der Waals surface area contributed by atoms with E-state index in [-0.39, 0.29) is 5.91 Å². The number of hydrogen-bond donors (Lipinski definition) is 0. The van der Waals surface area contributed by atoms with E-state index in [2.05, 4.69) is 6.92 Å². The van der Waals surface area contributed by atoms with Crippen LogP contribution < -0.4 is 4.74 Å². The molecule has 1 aromatic rings. The van der Waals surface area contributed by atoms with E-state index < -0.39 is 0 Å². The number of carbonyl (C=O) groups is 1. The minimum atomic E-state index is 0.0122. The third kappa shape index (κ3) is 4.08. The lowest BCUT2D eigenvalue weighted by atomic mass is 10.2. The lowest BCUT2D eigenvalue weighted by molar-refractivity contribution is -0.122. The van der Waals surface area contributed by atoms with E-state index in [1.54, 1.807) is 4.90 Å². The highest BCUT2D eigenvalue weighted by molar-refractivity contribution is 8.26. The minimum absolute atomic E-state index is 0.0122. The number of benzene rings is 1. The number of amides is 1. The molecule has 1 aromatic carbocycles. The van der Waals surface area contributed by atoms with Gasteiger partial charge in [-0.15, -0.1) is 0 Å². The molecule has 0 aliphatic carbocycles. The van der Waals surface area contributed by atoms with Crippen LogP contribution in [-0.4, -0.2) is 28.3 Å². The number of carbonyl (C=O) groups excluding carboxylic acids is 1.